The van der Waals surface area contributed by atoms with E-state index in [4.69, 9.17) is 4.74 Å². The van der Waals surface area contributed by atoms with E-state index in [1.807, 2.05) is 0 Å². The van der Waals surface area contributed by atoms with E-state index in [9.17, 15) is 14.9 Å². The molecule has 1 unspecified atom stereocenters. The number of hydrogen-bond acceptors (Lipinski definition) is 4. The van der Waals surface area contributed by atoms with E-state index in [0.717, 1.165) is 0 Å². The van der Waals surface area contributed by atoms with Gasteiger partial charge in [-0.05, 0) is 28.1 Å². The zero-order valence-corrected chi connectivity index (χ0v) is 11.9. The predicted molar refractivity (Wildman–Crippen MR) is 70.9 cm³/mol. The summed E-state index contributed by atoms with van der Waals surface area (Å²) >= 11 is 3.16. The number of carbonyl (C=O) groups excluding carboxylic acids is 1. The maximum absolute atomic E-state index is 11.9. The summed E-state index contributed by atoms with van der Waals surface area (Å²) < 4.78 is 5.38. The van der Waals surface area contributed by atoms with Gasteiger partial charge in [0, 0.05) is 17.5 Å². The molecule has 1 rings (SSSR count). The SMILES string of the molecule is CC(C)(C)C(=O)C(Br)Oc1ccc([N+](=O)[O-])cc1. The molecule has 1 aromatic carbocycles. The van der Waals surface area contributed by atoms with Crippen LogP contribution in [-0.4, -0.2) is 15.7 Å². The minimum atomic E-state index is -0.765. The summed E-state index contributed by atoms with van der Waals surface area (Å²) in [6.07, 6.45) is 0. The van der Waals surface area contributed by atoms with Gasteiger partial charge in [0.15, 0.2) is 5.78 Å². The predicted octanol–water partition coefficient (Wildman–Crippen LogP) is 3.31. The smallest absolute Gasteiger partial charge is 0.269 e. The Morgan fingerprint density at radius 2 is 1.83 bits per heavy atom. The van der Waals surface area contributed by atoms with Crippen LogP contribution in [0.25, 0.3) is 0 Å². The molecular weight excluding hydrogens is 302 g/mol. The molecule has 0 radical (unpaired) electrons. The average molecular weight is 316 g/mol. The lowest BCUT2D eigenvalue weighted by molar-refractivity contribution is -0.384. The molecule has 0 aliphatic rings. The third kappa shape index (κ3) is 3.80. The second-order valence-electron chi connectivity index (χ2n) is 4.80. The Bertz CT molecular complexity index is 450. The van der Waals surface area contributed by atoms with Crippen molar-refractivity contribution in [2.45, 2.75) is 25.8 Å². The van der Waals surface area contributed by atoms with Crippen LogP contribution in [0.3, 0.4) is 0 Å². The molecule has 0 saturated carbocycles. The van der Waals surface area contributed by atoms with Crippen LogP contribution in [0.5, 0.6) is 5.75 Å². The number of ether oxygens (including phenoxy) is 1. The maximum Gasteiger partial charge on any atom is 0.269 e. The number of nitro groups is 1. The van der Waals surface area contributed by atoms with Gasteiger partial charge in [-0.3, -0.25) is 14.9 Å². The number of nitro benzene ring substituents is 1. The van der Waals surface area contributed by atoms with Crippen LogP contribution in [-0.2, 0) is 4.79 Å². The molecule has 6 heteroatoms. The van der Waals surface area contributed by atoms with E-state index >= 15 is 0 Å². The number of Topliss-reactive ketones (excluding diaryl/α,β-unsaturated/α-hetero) is 1. The minimum absolute atomic E-state index is 0.0179. The van der Waals surface area contributed by atoms with E-state index in [0.29, 0.717) is 5.75 Å². The number of non-ortho nitro benzene ring substituents is 1. The van der Waals surface area contributed by atoms with Gasteiger partial charge >= 0.3 is 0 Å². The molecule has 0 spiro atoms. The number of hydrogen-bond donors (Lipinski definition) is 0. The van der Waals surface area contributed by atoms with Gasteiger partial charge in [0.25, 0.3) is 5.69 Å². The highest BCUT2D eigenvalue weighted by atomic mass is 79.9. The lowest BCUT2D eigenvalue weighted by Gasteiger charge is -2.21. The van der Waals surface area contributed by atoms with Crippen LogP contribution in [0.4, 0.5) is 5.69 Å². The number of nitrogens with zero attached hydrogens (tertiary/aromatic N) is 1. The first-order valence-corrected chi connectivity index (χ1v) is 6.23. The molecule has 0 aliphatic heterocycles. The number of rotatable bonds is 4. The molecule has 5 nitrogen and oxygen atoms in total. The number of halogens is 1. The maximum atomic E-state index is 11.9. The Kier molecular flexibility index (Phi) is 4.45. The van der Waals surface area contributed by atoms with Gasteiger partial charge in [-0.1, -0.05) is 20.8 Å². The number of alkyl halides is 1. The molecule has 1 aromatic rings. The van der Waals surface area contributed by atoms with Crippen molar-refractivity contribution >= 4 is 27.4 Å². The Hall–Kier alpha value is -1.43. The van der Waals surface area contributed by atoms with Crippen molar-refractivity contribution in [1.29, 1.82) is 0 Å². The fraction of sp³-hybridized carbons (Fsp3) is 0.417. The Morgan fingerprint density at radius 1 is 1.33 bits per heavy atom. The lowest BCUT2D eigenvalue weighted by atomic mass is 9.91. The third-order valence-electron chi connectivity index (χ3n) is 2.23. The van der Waals surface area contributed by atoms with Gasteiger partial charge in [-0.25, -0.2) is 0 Å². The van der Waals surface area contributed by atoms with Crippen LogP contribution in [0.1, 0.15) is 20.8 Å². The summed E-state index contributed by atoms with van der Waals surface area (Å²) in [5, 5.41) is 9.71. The van der Waals surface area contributed by atoms with Crippen LogP contribution >= 0.6 is 15.9 Å². The third-order valence-corrected chi connectivity index (χ3v) is 2.84. The fourth-order valence-electron chi connectivity index (χ4n) is 1.16. The zero-order chi connectivity index (χ0) is 13.9. The van der Waals surface area contributed by atoms with E-state index in [1.165, 1.54) is 24.3 Å². The molecule has 0 aromatic heterocycles. The lowest BCUT2D eigenvalue weighted by Crippen LogP contribution is -2.32. The molecule has 18 heavy (non-hydrogen) atoms. The van der Waals surface area contributed by atoms with E-state index in [-0.39, 0.29) is 11.5 Å². The Labute approximate surface area is 113 Å². The van der Waals surface area contributed by atoms with Crippen molar-refractivity contribution in [3.63, 3.8) is 0 Å². The van der Waals surface area contributed by atoms with Crippen LogP contribution in [0, 0.1) is 15.5 Å². The van der Waals surface area contributed by atoms with Crippen molar-refractivity contribution in [1.82, 2.24) is 0 Å². The van der Waals surface area contributed by atoms with Gasteiger partial charge in [-0.15, -0.1) is 0 Å². The van der Waals surface area contributed by atoms with Crippen LogP contribution in [0.15, 0.2) is 24.3 Å². The molecule has 0 aliphatic carbocycles. The summed E-state index contributed by atoms with van der Waals surface area (Å²) in [5.41, 5.74) is -0.537. The molecular formula is C12H14BrNO4. The molecule has 0 N–H and O–H groups in total. The minimum Gasteiger partial charge on any atom is -0.471 e. The van der Waals surface area contributed by atoms with Crippen LogP contribution in [0.2, 0.25) is 0 Å². The topological polar surface area (TPSA) is 69.4 Å². The standard InChI is InChI=1S/C12H14BrNO4/c1-12(2,3)10(15)11(13)18-9-6-4-8(5-7-9)14(16)17/h4-7,11H,1-3H3. The quantitative estimate of drug-likeness (QED) is 0.485. The van der Waals surface area contributed by atoms with Crippen molar-refractivity contribution in [3.05, 3.63) is 34.4 Å². The van der Waals surface area contributed by atoms with Crippen molar-refractivity contribution < 1.29 is 14.5 Å². The normalized spacial score (nSPS) is 12.9. The number of carbonyl (C=O) groups is 1. The van der Waals surface area contributed by atoms with Gasteiger partial charge in [0.2, 0.25) is 5.01 Å². The van der Waals surface area contributed by atoms with E-state index in [2.05, 4.69) is 15.9 Å². The van der Waals surface area contributed by atoms with Crippen molar-refractivity contribution in [2.75, 3.05) is 0 Å². The average Bonchev–Trinajstić information content (AvgIpc) is 2.27. The van der Waals surface area contributed by atoms with E-state index < -0.39 is 15.4 Å². The monoisotopic (exact) mass is 315 g/mol. The molecule has 0 amide bonds. The van der Waals surface area contributed by atoms with Gasteiger partial charge in [0.1, 0.15) is 5.75 Å². The summed E-state index contributed by atoms with van der Waals surface area (Å²) in [4.78, 5) is 21.8. The fourth-order valence-corrected chi connectivity index (χ4v) is 2.06. The first kappa shape index (κ1) is 14.6. The Balaban J connectivity index is 2.74. The molecule has 0 bridgehead atoms. The summed E-state index contributed by atoms with van der Waals surface area (Å²) in [5.74, 6) is 0.306. The highest BCUT2D eigenvalue weighted by Gasteiger charge is 2.29. The summed E-state index contributed by atoms with van der Waals surface area (Å²) in [6, 6.07) is 5.58. The molecule has 0 saturated heterocycles. The molecule has 1 atom stereocenters. The second kappa shape index (κ2) is 5.48. The summed E-state index contributed by atoms with van der Waals surface area (Å²) in [7, 11) is 0. The summed E-state index contributed by atoms with van der Waals surface area (Å²) in [6.45, 7) is 5.38. The number of ketones is 1. The first-order valence-electron chi connectivity index (χ1n) is 5.31. The van der Waals surface area contributed by atoms with Gasteiger partial charge < -0.3 is 4.74 Å². The van der Waals surface area contributed by atoms with Crippen molar-refractivity contribution in [3.8, 4) is 5.75 Å². The van der Waals surface area contributed by atoms with Crippen LogP contribution < -0.4 is 4.74 Å². The van der Waals surface area contributed by atoms with Gasteiger partial charge in [0.05, 0.1) is 4.92 Å². The second-order valence-corrected chi connectivity index (χ2v) is 5.63. The molecule has 0 fully saturated rings. The molecule has 98 valence electrons. The van der Waals surface area contributed by atoms with E-state index in [1.54, 1.807) is 20.8 Å². The van der Waals surface area contributed by atoms with Gasteiger partial charge in [-0.2, -0.15) is 0 Å². The zero-order valence-electron chi connectivity index (χ0n) is 10.3. The highest BCUT2D eigenvalue weighted by Crippen LogP contribution is 2.24. The molecule has 0 heterocycles. The Morgan fingerprint density at radius 3 is 2.22 bits per heavy atom. The van der Waals surface area contributed by atoms with Crippen molar-refractivity contribution in [2.24, 2.45) is 5.41 Å². The highest BCUT2D eigenvalue weighted by molar-refractivity contribution is 9.09. The largest absolute Gasteiger partial charge is 0.471 e. The number of benzene rings is 1. The first-order chi connectivity index (χ1) is 8.21.